The number of allylic oxidation sites excluding steroid dienone is 2. The Morgan fingerprint density at radius 1 is 1.12 bits per heavy atom. The zero-order valence-electron chi connectivity index (χ0n) is 18.7. The summed E-state index contributed by atoms with van der Waals surface area (Å²) in [6.45, 7) is 0.237. The van der Waals surface area contributed by atoms with Crippen LogP contribution in [0.25, 0.3) is 0 Å². The lowest BCUT2D eigenvalue weighted by atomic mass is 9.81. The molecule has 1 saturated heterocycles. The molecule has 2 bridgehead atoms. The van der Waals surface area contributed by atoms with Gasteiger partial charge in [-0.15, -0.1) is 0 Å². The first kappa shape index (κ1) is 24.2. The molecule has 1 aliphatic heterocycles. The molecule has 0 aromatic heterocycles. The summed E-state index contributed by atoms with van der Waals surface area (Å²) >= 11 is 0. The van der Waals surface area contributed by atoms with E-state index >= 15 is 0 Å². The molecule has 10 heteroatoms. The predicted octanol–water partition coefficient (Wildman–Crippen LogP) is 3.94. The summed E-state index contributed by atoms with van der Waals surface area (Å²) in [4.78, 5) is 11.6. The Balaban J connectivity index is 1.68. The maximum absolute atomic E-state index is 13.3. The third kappa shape index (κ3) is 4.83. The summed E-state index contributed by atoms with van der Waals surface area (Å²) in [5, 5.41) is 0. The van der Waals surface area contributed by atoms with E-state index in [2.05, 4.69) is 0 Å². The molecule has 0 radical (unpaired) electrons. The van der Waals surface area contributed by atoms with Crippen LogP contribution < -0.4 is 4.74 Å². The standard InChI is InChI=1S/C23H29F3N2O4S/c1-15-9-17-5-6-18(10-19(15)13-29)22(17)21-12-27(14-23(24,25)26)33(30,31)28(21)11-16-3-7-20(32-2)8-4-16/h3-4,7-8,13,17-18,21-22H,5-6,9-12,14H2,1-2H3. The quantitative estimate of drug-likeness (QED) is 0.572. The van der Waals surface area contributed by atoms with Crippen LogP contribution in [0.3, 0.4) is 0 Å². The Morgan fingerprint density at radius 3 is 2.33 bits per heavy atom. The van der Waals surface area contributed by atoms with Crippen molar-refractivity contribution < 1.29 is 31.1 Å². The Bertz CT molecular complexity index is 1020. The molecular formula is C23H29F3N2O4S. The Labute approximate surface area is 192 Å². The van der Waals surface area contributed by atoms with Gasteiger partial charge in [-0.05, 0) is 73.6 Å². The number of nitrogens with zero attached hydrogens (tertiary/aromatic N) is 2. The van der Waals surface area contributed by atoms with E-state index < -0.39 is 29.0 Å². The summed E-state index contributed by atoms with van der Waals surface area (Å²) in [6.07, 6.45) is -0.760. The van der Waals surface area contributed by atoms with E-state index in [-0.39, 0.29) is 30.8 Å². The monoisotopic (exact) mass is 486 g/mol. The molecule has 182 valence electrons. The molecule has 33 heavy (non-hydrogen) atoms. The number of halogens is 3. The molecule has 1 heterocycles. The van der Waals surface area contributed by atoms with Gasteiger partial charge in [0, 0.05) is 19.1 Å². The zero-order chi connectivity index (χ0) is 24.0. The van der Waals surface area contributed by atoms with E-state index in [0.29, 0.717) is 28.5 Å². The Kier molecular flexibility index (Phi) is 6.63. The van der Waals surface area contributed by atoms with Gasteiger partial charge < -0.3 is 4.74 Å². The molecule has 4 atom stereocenters. The van der Waals surface area contributed by atoms with Gasteiger partial charge in [0.2, 0.25) is 0 Å². The fraction of sp³-hybridized carbons (Fsp3) is 0.609. The molecular weight excluding hydrogens is 457 g/mol. The van der Waals surface area contributed by atoms with Gasteiger partial charge in [-0.3, -0.25) is 4.79 Å². The van der Waals surface area contributed by atoms with Crippen molar-refractivity contribution in [1.29, 1.82) is 0 Å². The van der Waals surface area contributed by atoms with Crippen molar-refractivity contribution in [3.8, 4) is 5.75 Å². The van der Waals surface area contributed by atoms with E-state index in [1.54, 1.807) is 24.3 Å². The van der Waals surface area contributed by atoms with Crippen molar-refractivity contribution in [1.82, 2.24) is 8.61 Å². The number of carbonyl (C=O) groups excluding carboxylic acids is 1. The molecule has 2 aliphatic carbocycles. The maximum atomic E-state index is 13.3. The molecule has 0 spiro atoms. The highest BCUT2D eigenvalue weighted by Crippen LogP contribution is 2.51. The van der Waals surface area contributed by atoms with Gasteiger partial charge in [-0.1, -0.05) is 17.7 Å². The van der Waals surface area contributed by atoms with E-state index in [9.17, 15) is 26.4 Å². The molecule has 1 saturated carbocycles. The molecule has 0 amide bonds. The summed E-state index contributed by atoms with van der Waals surface area (Å²) in [5.74, 6) is 0.751. The second-order valence-corrected chi connectivity index (χ2v) is 11.3. The van der Waals surface area contributed by atoms with Crippen LogP contribution in [0.1, 0.15) is 38.2 Å². The first-order valence-corrected chi connectivity index (χ1v) is 12.5. The number of ether oxygens (including phenoxy) is 1. The normalized spacial score (nSPS) is 30.5. The van der Waals surface area contributed by atoms with Crippen LogP contribution in [0.15, 0.2) is 35.4 Å². The number of benzene rings is 1. The smallest absolute Gasteiger partial charge is 0.402 e. The van der Waals surface area contributed by atoms with Crippen LogP contribution in [0.4, 0.5) is 13.2 Å². The largest absolute Gasteiger partial charge is 0.497 e. The minimum Gasteiger partial charge on any atom is -0.497 e. The van der Waals surface area contributed by atoms with E-state index in [4.69, 9.17) is 4.74 Å². The van der Waals surface area contributed by atoms with Gasteiger partial charge in [0.05, 0.1) is 7.11 Å². The molecule has 4 unspecified atom stereocenters. The summed E-state index contributed by atoms with van der Waals surface area (Å²) in [6, 6.07) is 6.31. The van der Waals surface area contributed by atoms with Gasteiger partial charge in [0.15, 0.2) is 0 Å². The zero-order valence-corrected chi connectivity index (χ0v) is 19.5. The van der Waals surface area contributed by atoms with Crippen LogP contribution in [-0.2, 0) is 21.5 Å². The van der Waals surface area contributed by atoms with Crippen molar-refractivity contribution in [2.45, 2.75) is 51.4 Å². The topological polar surface area (TPSA) is 66.9 Å². The number of aldehydes is 1. The number of hydrogen-bond donors (Lipinski definition) is 0. The van der Waals surface area contributed by atoms with Crippen molar-refractivity contribution >= 4 is 16.5 Å². The molecule has 1 aromatic carbocycles. The predicted molar refractivity (Wildman–Crippen MR) is 117 cm³/mol. The SMILES string of the molecule is COc1ccc(CN2C(C3C4CCC3CC(C=O)=C(C)C4)CN(CC(F)(F)F)S2(=O)=O)cc1. The van der Waals surface area contributed by atoms with Gasteiger partial charge in [0.25, 0.3) is 10.2 Å². The highest BCUT2D eigenvalue weighted by Gasteiger charge is 2.54. The maximum Gasteiger partial charge on any atom is 0.402 e. The van der Waals surface area contributed by atoms with Gasteiger partial charge in [0.1, 0.15) is 18.6 Å². The number of hydrogen-bond acceptors (Lipinski definition) is 4. The lowest BCUT2D eigenvalue weighted by Crippen LogP contribution is -2.42. The number of fused-ring (bicyclic) bond motifs is 2. The summed E-state index contributed by atoms with van der Waals surface area (Å²) < 4.78 is 73.4. The van der Waals surface area contributed by atoms with E-state index in [1.165, 1.54) is 11.4 Å². The van der Waals surface area contributed by atoms with E-state index in [0.717, 1.165) is 30.3 Å². The highest BCUT2D eigenvalue weighted by atomic mass is 32.2. The van der Waals surface area contributed by atoms with Gasteiger partial charge in [-0.2, -0.15) is 30.2 Å². The average molecular weight is 487 g/mol. The third-order valence-electron chi connectivity index (χ3n) is 7.42. The summed E-state index contributed by atoms with van der Waals surface area (Å²) in [5.41, 5.74) is 2.45. The third-order valence-corrected chi connectivity index (χ3v) is 9.34. The van der Waals surface area contributed by atoms with Crippen LogP contribution in [0, 0.1) is 17.8 Å². The fourth-order valence-electron chi connectivity index (χ4n) is 5.92. The van der Waals surface area contributed by atoms with Crippen LogP contribution >= 0.6 is 0 Å². The minimum atomic E-state index is -4.63. The number of rotatable bonds is 6. The molecule has 2 fully saturated rings. The van der Waals surface area contributed by atoms with Crippen molar-refractivity contribution in [2.75, 3.05) is 20.2 Å². The lowest BCUT2D eigenvalue weighted by molar-refractivity contribution is -0.135. The first-order valence-electron chi connectivity index (χ1n) is 11.1. The highest BCUT2D eigenvalue weighted by molar-refractivity contribution is 7.87. The second-order valence-electron chi connectivity index (χ2n) is 9.38. The van der Waals surface area contributed by atoms with Gasteiger partial charge in [-0.25, -0.2) is 0 Å². The Morgan fingerprint density at radius 2 is 1.76 bits per heavy atom. The number of alkyl halides is 3. The van der Waals surface area contributed by atoms with Crippen LogP contribution in [0.5, 0.6) is 5.75 Å². The minimum absolute atomic E-state index is 0.00571. The van der Waals surface area contributed by atoms with Crippen molar-refractivity contribution in [3.05, 3.63) is 41.0 Å². The summed E-state index contributed by atoms with van der Waals surface area (Å²) in [7, 11) is -2.78. The van der Waals surface area contributed by atoms with Crippen molar-refractivity contribution in [2.24, 2.45) is 17.8 Å². The van der Waals surface area contributed by atoms with Gasteiger partial charge >= 0.3 is 6.18 Å². The molecule has 4 rings (SSSR count). The second kappa shape index (κ2) is 9.03. The number of carbonyl (C=O) groups is 1. The van der Waals surface area contributed by atoms with E-state index in [1.807, 2.05) is 6.92 Å². The number of methoxy groups -OCH3 is 1. The average Bonchev–Trinajstić information content (AvgIpc) is 3.18. The molecule has 3 aliphatic rings. The van der Waals surface area contributed by atoms with Crippen LogP contribution in [0.2, 0.25) is 0 Å². The molecule has 6 nitrogen and oxygen atoms in total. The van der Waals surface area contributed by atoms with Crippen molar-refractivity contribution in [3.63, 3.8) is 0 Å². The molecule has 0 N–H and O–H groups in total. The first-order chi connectivity index (χ1) is 15.5. The fourth-order valence-corrected chi connectivity index (χ4v) is 7.72. The lowest BCUT2D eigenvalue weighted by Gasteiger charge is -2.33. The Hall–Kier alpha value is -1.91. The van der Waals surface area contributed by atoms with Crippen LogP contribution in [-0.4, -0.2) is 55.7 Å². The molecule has 1 aromatic rings.